The van der Waals surface area contributed by atoms with E-state index in [1.807, 2.05) is 80.3 Å². The maximum Gasteiger partial charge on any atom is 0.411 e. The number of hydrogen-bond acceptors (Lipinski definition) is 7. The molecule has 0 radical (unpaired) electrons. The van der Waals surface area contributed by atoms with Gasteiger partial charge < -0.3 is 19.0 Å². The third kappa shape index (κ3) is 8.87. The molecule has 0 bridgehead atoms. The molecule has 1 heterocycles. The van der Waals surface area contributed by atoms with Crippen molar-refractivity contribution in [3.8, 4) is 5.75 Å². The Labute approximate surface area is 225 Å². The van der Waals surface area contributed by atoms with Crippen molar-refractivity contribution in [2.75, 3.05) is 19.8 Å². The van der Waals surface area contributed by atoms with Gasteiger partial charge in [-0.25, -0.2) is 4.79 Å². The number of nitrogens with zero attached hydrogens (tertiary/aromatic N) is 2. The molecule has 0 N–H and O–H groups in total. The SMILES string of the molecule is CCCCOc1ccc(C[C@H]2[C@@H](CC=O)N(CC(=O)OCc3ccccc3)CN2C(=O)OC(C)(C)C)cc1. The van der Waals surface area contributed by atoms with Crippen LogP contribution in [-0.2, 0) is 32.1 Å². The molecule has 3 rings (SSSR count). The smallest absolute Gasteiger partial charge is 0.411 e. The second kappa shape index (κ2) is 14.0. The van der Waals surface area contributed by atoms with Gasteiger partial charge in [-0.1, -0.05) is 55.8 Å². The second-order valence-corrected chi connectivity index (χ2v) is 10.6. The van der Waals surface area contributed by atoms with Gasteiger partial charge in [0.2, 0.25) is 0 Å². The summed E-state index contributed by atoms with van der Waals surface area (Å²) < 4.78 is 16.9. The van der Waals surface area contributed by atoms with Gasteiger partial charge in [0.05, 0.1) is 25.9 Å². The number of amides is 1. The first-order valence-corrected chi connectivity index (χ1v) is 13.3. The van der Waals surface area contributed by atoms with Gasteiger partial charge in [0.1, 0.15) is 24.2 Å². The summed E-state index contributed by atoms with van der Waals surface area (Å²) in [7, 11) is 0. The number of carbonyl (C=O) groups excluding carboxylic acids is 3. The van der Waals surface area contributed by atoms with Crippen LogP contribution in [0.3, 0.4) is 0 Å². The monoisotopic (exact) mass is 524 g/mol. The summed E-state index contributed by atoms with van der Waals surface area (Å²) >= 11 is 0. The van der Waals surface area contributed by atoms with E-state index in [4.69, 9.17) is 14.2 Å². The van der Waals surface area contributed by atoms with E-state index in [0.717, 1.165) is 36.0 Å². The van der Waals surface area contributed by atoms with Crippen LogP contribution in [0, 0.1) is 0 Å². The van der Waals surface area contributed by atoms with Gasteiger partial charge in [-0.05, 0) is 56.9 Å². The minimum absolute atomic E-state index is 0.0364. The Morgan fingerprint density at radius 3 is 2.34 bits per heavy atom. The normalized spacial score (nSPS) is 17.7. The number of carbonyl (C=O) groups is 3. The minimum Gasteiger partial charge on any atom is -0.494 e. The molecule has 1 saturated heterocycles. The Balaban J connectivity index is 1.75. The van der Waals surface area contributed by atoms with E-state index in [0.29, 0.717) is 13.0 Å². The van der Waals surface area contributed by atoms with Crippen molar-refractivity contribution in [2.24, 2.45) is 0 Å². The fourth-order valence-corrected chi connectivity index (χ4v) is 4.44. The number of rotatable bonds is 12. The van der Waals surface area contributed by atoms with Gasteiger partial charge in [0, 0.05) is 12.5 Å². The van der Waals surface area contributed by atoms with Crippen molar-refractivity contribution in [3.05, 3.63) is 65.7 Å². The fourth-order valence-electron chi connectivity index (χ4n) is 4.44. The topological polar surface area (TPSA) is 85.4 Å². The highest BCUT2D eigenvalue weighted by molar-refractivity contribution is 5.73. The standard InChI is InChI=1S/C30H40N2O6/c1-5-6-18-36-25-14-12-23(13-15-25)19-27-26(16-17-33)31(22-32(27)29(35)38-30(2,3)4)20-28(34)37-21-24-10-8-7-9-11-24/h7-15,17,26-27H,5-6,16,18-22H2,1-4H3/t26-,27+/m1/s1. The molecule has 2 atom stereocenters. The highest BCUT2D eigenvalue weighted by Crippen LogP contribution is 2.28. The maximum atomic E-state index is 13.2. The van der Waals surface area contributed by atoms with Crippen LogP contribution in [0.25, 0.3) is 0 Å². The summed E-state index contributed by atoms with van der Waals surface area (Å²) in [6.45, 7) is 8.52. The third-order valence-electron chi connectivity index (χ3n) is 6.32. The van der Waals surface area contributed by atoms with Gasteiger partial charge in [0.15, 0.2) is 0 Å². The number of benzene rings is 2. The molecular formula is C30H40N2O6. The molecule has 0 saturated carbocycles. The molecule has 0 spiro atoms. The number of ether oxygens (including phenoxy) is 3. The fraction of sp³-hybridized carbons (Fsp3) is 0.500. The van der Waals surface area contributed by atoms with E-state index >= 15 is 0 Å². The van der Waals surface area contributed by atoms with Crippen LogP contribution in [0.2, 0.25) is 0 Å². The van der Waals surface area contributed by atoms with E-state index < -0.39 is 17.7 Å². The molecule has 0 aliphatic carbocycles. The number of esters is 1. The van der Waals surface area contributed by atoms with Crippen LogP contribution in [0.1, 0.15) is 58.1 Å². The lowest BCUT2D eigenvalue weighted by Gasteiger charge is -2.29. The molecule has 0 aromatic heterocycles. The molecule has 206 valence electrons. The zero-order valence-corrected chi connectivity index (χ0v) is 22.9. The largest absolute Gasteiger partial charge is 0.494 e. The first-order valence-electron chi connectivity index (χ1n) is 13.3. The molecule has 1 amide bonds. The van der Waals surface area contributed by atoms with Crippen LogP contribution < -0.4 is 4.74 Å². The predicted octanol–water partition coefficient (Wildman–Crippen LogP) is 4.99. The summed E-state index contributed by atoms with van der Waals surface area (Å²) in [4.78, 5) is 41.1. The Hall–Kier alpha value is -3.39. The molecule has 0 unspecified atom stereocenters. The number of aldehydes is 1. The Kier molecular flexibility index (Phi) is 10.7. The number of unbranched alkanes of at least 4 members (excludes halogenated alkanes) is 1. The summed E-state index contributed by atoms with van der Waals surface area (Å²) in [5.41, 5.74) is 1.21. The van der Waals surface area contributed by atoms with E-state index in [-0.39, 0.29) is 38.3 Å². The van der Waals surface area contributed by atoms with Crippen LogP contribution in [-0.4, -0.2) is 65.7 Å². The molecule has 1 aliphatic heterocycles. The summed E-state index contributed by atoms with van der Waals surface area (Å²) in [6.07, 6.45) is 3.10. The first-order chi connectivity index (χ1) is 18.2. The second-order valence-electron chi connectivity index (χ2n) is 10.6. The Morgan fingerprint density at radius 2 is 1.71 bits per heavy atom. The molecule has 1 fully saturated rings. The zero-order valence-electron chi connectivity index (χ0n) is 22.9. The number of hydrogen-bond donors (Lipinski definition) is 0. The molecule has 1 aliphatic rings. The van der Waals surface area contributed by atoms with Crippen LogP contribution in [0.5, 0.6) is 5.75 Å². The zero-order chi connectivity index (χ0) is 27.5. The van der Waals surface area contributed by atoms with Crippen LogP contribution in [0.4, 0.5) is 4.79 Å². The van der Waals surface area contributed by atoms with Gasteiger partial charge in [-0.2, -0.15) is 0 Å². The molecule has 2 aromatic rings. The molecule has 2 aromatic carbocycles. The van der Waals surface area contributed by atoms with Gasteiger partial charge in [-0.3, -0.25) is 14.6 Å². The Morgan fingerprint density at radius 1 is 1.00 bits per heavy atom. The van der Waals surface area contributed by atoms with Crippen LogP contribution >= 0.6 is 0 Å². The van der Waals surface area contributed by atoms with Gasteiger partial charge in [0.25, 0.3) is 0 Å². The van der Waals surface area contributed by atoms with Crippen molar-refractivity contribution in [2.45, 2.75) is 77.7 Å². The molecule has 8 nitrogen and oxygen atoms in total. The van der Waals surface area contributed by atoms with Crippen molar-refractivity contribution >= 4 is 18.3 Å². The molecule has 8 heteroatoms. The van der Waals surface area contributed by atoms with E-state index in [9.17, 15) is 14.4 Å². The van der Waals surface area contributed by atoms with Crippen molar-refractivity contribution in [3.63, 3.8) is 0 Å². The Bertz CT molecular complexity index is 1030. The van der Waals surface area contributed by atoms with Gasteiger partial charge >= 0.3 is 12.1 Å². The average molecular weight is 525 g/mol. The highest BCUT2D eigenvalue weighted by atomic mass is 16.6. The van der Waals surface area contributed by atoms with E-state index in [1.54, 1.807) is 4.90 Å². The van der Waals surface area contributed by atoms with Crippen LogP contribution in [0.15, 0.2) is 54.6 Å². The van der Waals surface area contributed by atoms with Gasteiger partial charge in [-0.15, -0.1) is 0 Å². The van der Waals surface area contributed by atoms with Crippen molar-refractivity contribution in [1.82, 2.24) is 9.80 Å². The summed E-state index contributed by atoms with van der Waals surface area (Å²) in [5, 5.41) is 0. The van der Waals surface area contributed by atoms with Crippen molar-refractivity contribution < 1.29 is 28.6 Å². The van der Waals surface area contributed by atoms with E-state index in [2.05, 4.69) is 6.92 Å². The summed E-state index contributed by atoms with van der Waals surface area (Å²) in [5.74, 6) is 0.382. The molecule has 38 heavy (non-hydrogen) atoms. The quantitative estimate of drug-likeness (QED) is 0.220. The third-order valence-corrected chi connectivity index (χ3v) is 6.32. The van der Waals surface area contributed by atoms with Crippen molar-refractivity contribution in [1.29, 1.82) is 0 Å². The highest BCUT2D eigenvalue weighted by Gasteiger charge is 2.44. The summed E-state index contributed by atoms with van der Waals surface area (Å²) in [6, 6.07) is 16.5. The first kappa shape index (κ1) is 29.2. The maximum absolute atomic E-state index is 13.2. The minimum atomic E-state index is -0.679. The lowest BCUT2D eigenvalue weighted by molar-refractivity contribution is -0.146. The van der Waals surface area contributed by atoms with E-state index in [1.165, 1.54) is 0 Å². The predicted molar refractivity (Wildman–Crippen MR) is 145 cm³/mol. The lowest BCUT2D eigenvalue weighted by atomic mass is 9.97. The lowest BCUT2D eigenvalue weighted by Crippen LogP contribution is -2.44. The average Bonchev–Trinajstić information content (AvgIpc) is 3.20. The molecular weight excluding hydrogens is 484 g/mol.